The second-order valence-electron chi connectivity index (χ2n) is 6.22. The molecule has 134 valence electrons. The maximum absolute atomic E-state index is 12.6. The van der Waals surface area contributed by atoms with Crippen molar-refractivity contribution in [3.63, 3.8) is 0 Å². The molecule has 0 unspecified atom stereocenters. The van der Waals surface area contributed by atoms with E-state index >= 15 is 0 Å². The molecule has 0 saturated heterocycles. The summed E-state index contributed by atoms with van der Waals surface area (Å²) < 4.78 is 1.27. The fraction of sp³-hybridized carbons (Fsp3) is 0.300. The molecule has 0 aliphatic heterocycles. The van der Waals surface area contributed by atoms with Gasteiger partial charge in [-0.2, -0.15) is 0 Å². The van der Waals surface area contributed by atoms with Crippen LogP contribution in [-0.2, 0) is 17.9 Å². The molecule has 0 atom stereocenters. The minimum absolute atomic E-state index is 0.00221. The van der Waals surface area contributed by atoms with Crippen LogP contribution in [-0.4, -0.2) is 32.3 Å². The van der Waals surface area contributed by atoms with Gasteiger partial charge in [-0.1, -0.05) is 41.6 Å². The lowest BCUT2D eigenvalue weighted by Crippen LogP contribution is -2.33. The summed E-state index contributed by atoms with van der Waals surface area (Å²) in [6.07, 6.45) is 0.215. The number of rotatable bonds is 6. The van der Waals surface area contributed by atoms with Crippen LogP contribution in [0.1, 0.15) is 24.5 Å². The summed E-state index contributed by atoms with van der Waals surface area (Å²) in [6.45, 7) is 5.40. The summed E-state index contributed by atoms with van der Waals surface area (Å²) in [5, 5.41) is 8.51. The van der Waals surface area contributed by atoms with Crippen LogP contribution >= 0.6 is 0 Å². The Hall–Kier alpha value is -3.02. The highest BCUT2D eigenvalue weighted by atomic mass is 16.2. The Kier molecular flexibility index (Phi) is 5.41. The first-order valence-corrected chi connectivity index (χ1v) is 8.75. The van der Waals surface area contributed by atoms with Gasteiger partial charge < -0.3 is 4.90 Å². The zero-order valence-corrected chi connectivity index (χ0v) is 15.1. The normalized spacial score (nSPS) is 10.8. The maximum Gasteiger partial charge on any atom is 0.277 e. The van der Waals surface area contributed by atoms with E-state index in [9.17, 15) is 9.59 Å². The topological polar surface area (TPSA) is 68.1 Å². The average molecular weight is 350 g/mol. The van der Waals surface area contributed by atoms with Gasteiger partial charge >= 0.3 is 0 Å². The summed E-state index contributed by atoms with van der Waals surface area (Å²) in [7, 11) is 0. The van der Waals surface area contributed by atoms with Crippen LogP contribution < -0.4 is 5.56 Å². The summed E-state index contributed by atoms with van der Waals surface area (Å²) in [5.41, 5.74) is 2.64. The summed E-state index contributed by atoms with van der Waals surface area (Å²) >= 11 is 0. The van der Waals surface area contributed by atoms with Gasteiger partial charge in [-0.05, 0) is 37.1 Å². The van der Waals surface area contributed by atoms with Crippen LogP contribution in [0.15, 0.2) is 53.3 Å². The van der Waals surface area contributed by atoms with Gasteiger partial charge in [0.05, 0.1) is 11.9 Å². The van der Waals surface area contributed by atoms with Crippen LogP contribution in [0.4, 0.5) is 0 Å². The van der Waals surface area contributed by atoms with E-state index in [1.165, 1.54) is 4.68 Å². The molecule has 0 spiro atoms. The van der Waals surface area contributed by atoms with Crippen molar-refractivity contribution in [2.24, 2.45) is 0 Å². The fourth-order valence-electron chi connectivity index (χ4n) is 2.90. The highest BCUT2D eigenvalue weighted by Gasteiger charge is 2.14. The van der Waals surface area contributed by atoms with E-state index in [1.807, 2.05) is 44.2 Å². The van der Waals surface area contributed by atoms with Crippen LogP contribution in [0.5, 0.6) is 0 Å². The maximum atomic E-state index is 12.6. The van der Waals surface area contributed by atoms with Gasteiger partial charge in [-0.3, -0.25) is 9.59 Å². The third kappa shape index (κ3) is 3.79. The number of hydrogen-bond acceptors (Lipinski definition) is 4. The average Bonchev–Trinajstić information content (AvgIpc) is 2.67. The first-order valence-electron chi connectivity index (χ1n) is 8.75. The lowest BCUT2D eigenvalue weighted by molar-refractivity contribution is -0.131. The molecule has 0 N–H and O–H groups in total. The second-order valence-corrected chi connectivity index (χ2v) is 6.22. The van der Waals surface area contributed by atoms with Crippen molar-refractivity contribution in [3.8, 4) is 0 Å². The molecule has 1 heterocycles. The molecule has 0 saturated carbocycles. The molecule has 3 rings (SSSR count). The molecule has 1 amide bonds. The number of carbonyl (C=O) groups excluding carboxylic acids is 1. The van der Waals surface area contributed by atoms with Crippen molar-refractivity contribution in [2.45, 2.75) is 33.4 Å². The van der Waals surface area contributed by atoms with Crippen molar-refractivity contribution >= 4 is 16.8 Å². The van der Waals surface area contributed by atoms with Crippen LogP contribution in [0, 0.1) is 6.92 Å². The zero-order valence-electron chi connectivity index (χ0n) is 15.1. The molecule has 2 aromatic carbocycles. The molecule has 0 bridgehead atoms. The molecule has 0 aliphatic carbocycles. The Labute approximate surface area is 152 Å². The van der Waals surface area contributed by atoms with E-state index < -0.39 is 0 Å². The molecule has 0 radical (unpaired) electrons. The number of hydrogen-bond donors (Lipinski definition) is 0. The second kappa shape index (κ2) is 7.91. The van der Waals surface area contributed by atoms with Gasteiger partial charge in [0.15, 0.2) is 0 Å². The minimum Gasteiger partial charge on any atom is -0.339 e. The van der Waals surface area contributed by atoms with Gasteiger partial charge in [-0.15, -0.1) is 5.10 Å². The van der Waals surface area contributed by atoms with Crippen LogP contribution in [0.25, 0.3) is 10.9 Å². The first kappa shape index (κ1) is 17.8. The number of carbonyl (C=O) groups is 1. The lowest BCUT2D eigenvalue weighted by atomic mass is 10.1. The smallest absolute Gasteiger partial charge is 0.277 e. The van der Waals surface area contributed by atoms with Crippen molar-refractivity contribution < 1.29 is 4.79 Å². The quantitative estimate of drug-likeness (QED) is 0.685. The largest absolute Gasteiger partial charge is 0.339 e. The van der Waals surface area contributed by atoms with E-state index in [0.717, 1.165) is 11.1 Å². The van der Waals surface area contributed by atoms with Crippen molar-refractivity contribution in [2.75, 3.05) is 6.54 Å². The Balaban J connectivity index is 1.70. The molecule has 6 heteroatoms. The Morgan fingerprint density at radius 1 is 1.12 bits per heavy atom. The first-order chi connectivity index (χ1) is 12.6. The number of fused-ring (bicyclic) bond motifs is 1. The SMILES string of the molecule is CCN(Cc1ccccc1C)C(=O)CCn1nnc2ccccc2c1=O. The third-order valence-electron chi connectivity index (χ3n) is 4.52. The van der Waals surface area contributed by atoms with Gasteiger partial charge in [0.1, 0.15) is 5.52 Å². The molecular formula is C20H22N4O2. The highest BCUT2D eigenvalue weighted by Crippen LogP contribution is 2.11. The monoisotopic (exact) mass is 350 g/mol. The van der Waals surface area contributed by atoms with Crippen molar-refractivity contribution in [3.05, 3.63) is 70.0 Å². The third-order valence-corrected chi connectivity index (χ3v) is 4.52. The molecule has 1 aromatic heterocycles. The summed E-state index contributed by atoms with van der Waals surface area (Å²) in [6, 6.07) is 15.1. The molecule has 3 aromatic rings. The number of nitrogens with zero attached hydrogens (tertiary/aromatic N) is 4. The van der Waals surface area contributed by atoms with Crippen molar-refractivity contribution in [1.82, 2.24) is 19.9 Å². The van der Waals surface area contributed by atoms with Gasteiger partial charge in [0.25, 0.3) is 5.56 Å². The zero-order chi connectivity index (χ0) is 18.5. The molecule has 0 fully saturated rings. The predicted molar refractivity (Wildman–Crippen MR) is 101 cm³/mol. The van der Waals surface area contributed by atoms with Gasteiger partial charge in [-0.25, -0.2) is 4.68 Å². The minimum atomic E-state index is -0.217. The number of aryl methyl sites for hydroxylation is 2. The van der Waals surface area contributed by atoms with Crippen molar-refractivity contribution in [1.29, 1.82) is 0 Å². The Morgan fingerprint density at radius 2 is 1.85 bits per heavy atom. The number of amides is 1. The molecule has 0 aliphatic rings. The Morgan fingerprint density at radius 3 is 2.62 bits per heavy atom. The highest BCUT2D eigenvalue weighted by molar-refractivity contribution is 5.77. The van der Waals surface area contributed by atoms with Gasteiger partial charge in [0.2, 0.25) is 5.91 Å². The molecule has 6 nitrogen and oxygen atoms in total. The van der Waals surface area contributed by atoms with E-state index in [-0.39, 0.29) is 24.4 Å². The van der Waals surface area contributed by atoms with E-state index in [1.54, 1.807) is 23.1 Å². The Bertz CT molecular complexity index is 981. The van der Waals surface area contributed by atoms with Gasteiger partial charge in [0, 0.05) is 19.5 Å². The predicted octanol–water partition coefficient (Wildman–Crippen LogP) is 2.54. The standard InChI is InChI=1S/C20H22N4O2/c1-3-23(14-16-9-5-4-8-15(16)2)19(25)12-13-24-20(26)17-10-6-7-11-18(17)21-22-24/h4-11H,3,12-14H2,1-2H3. The number of aromatic nitrogens is 3. The number of benzene rings is 2. The lowest BCUT2D eigenvalue weighted by Gasteiger charge is -2.22. The molecule has 26 heavy (non-hydrogen) atoms. The van der Waals surface area contributed by atoms with Crippen LogP contribution in [0.3, 0.4) is 0 Å². The van der Waals surface area contributed by atoms with E-state index in [4.69, 9.17) is 0 Å². The summed E-state index contributed by atoms with van der Waals surface area (Å²) in [5.74, 6) is -0.00221. The fourth-order valence-corrected chi connectivity index (χ4v) is 2.90. The summed E-state index contributed by atoms with van der Waals surface area (Å²) in [4.78, 5) is 26.8. The molecular weight excluding hydrogens is 328 g/mol. The van der Waals surface area contributed by atoms with Crippen LogP contribution in [0.2, 0.25) is 0 Å². The van der Waals surface area contributed by atoms with E-state index in [0.29, 0.717) is 24.0 Å². The van der Waals surface area contributed by atoms with E-state index in [2.05, 4.69) is 10.3 Å².